The van der Waals surface area contributed by atoms with E-state index < -0.39 is 0 Å². The maximum atomic E-state index is 12.8. The van der Waals surface area contributed by atoms with Crippen LogP contribution in [-0.4, -0.2) is 48.8 Å². The third-order valence-corrected chi connectivity index (χ3v) is 6.35. The largest absolute Gasteiger partial charge is 0.345 e. The van der Waals surface area contributed by atoms with Gasteiger partial charge in [-0.2, -0.15) is 0 Å². The van der Waals surface area contributed by atoms with Crippen molar-refractivity contribution in [3.63, 3.8) is 0 Å². The van der Waals surface area contributed by atoms with E-state index in [0.717, 1.165) is 13.0 Å². The van der Waals surface area contributed by atoms with Crippen LogP contribution in [0.3, 0.4) is 0 Å². The molecule has 5 nitrogen and oxygen atoms in total. The van der Waals surface area contributed by atoms with Gasteiger partial charge in [-0.15, -0.1) is 11.3 Å². The monoisotopic (exact) mass is 419 g/mol. The lowest BCUT2D eigenvalue weighted by Crippen LogP contribution is -2.40. The maximum Gasteiger partial charge on any atom is 0.253 e. The lowest BCUT2D eigenvalue weighted by atomic mass is 9.93. The highest BCUT2D eigenvalue weighted by Crippen LogP contribution is 2.37. The van der Waals surface area contributed by atoms with E-state index in [4.69, 9.17) is 0 Å². The molecule has 0 bridgehead atoms. The van der Waals surface area contributed by atoms with Gasteiger partial charge in [-0.05, 0) is 53.3 Å². The Kier molecular flexibility index (Phi) is 5.97. The summed E-state index contributed by atoms with van der Waals surface area (Å²) in [7, 11) is 3.44. The summed E-state index contributed by atoms with van der Waals surface area (Å²) < 4.78 is 0. The summed E-state index contributed by atoms with van der Waals surface area (Å²) in [5, 5.41) is 5.11. The van der Waals surface area contributed by atoms with Gasteiger partial charge in [0.25, 0.3) is 5.91 Å². The number of rotatable bonds is 5. The molecule has 0 spiro atoms. The lowest BCUT2D eigenvalue weighted by Gasteiger charge is -2.35. The molecule has 1 aromatic heterocycles. The van der Waals surface area contributed by atoms with E-state index in [0.29, 0.717) is 17.8 Å². The Morgan fingerprint density at radius 2 is 1.80 bits per heavy atom. The van der Waals surface area contributed by atoms with Crippen LogP contribution in [-0.2, 0) is 11.2 Å². The molecule has 0 saturated heterocycles. The van der Waals surface area contributed by atoms with Crippen molar-refractivity contribution in [3.05, 3.63) is 87.6 Å². The summed E-state index contributed by atoms with van der Waals surface area (Å²) in [4.78, 5) is 30.0. The fourth-order valence-corrected chi connectivity index (χ4v) is 4.81. The molecule has 0 saturated carbocycles. The number of nitrogens with one attached hydrogen (secondary N) is 1. The van der Waals surface area contributed by atoms with Gasteiger partial charge in [0.05, 0.1) is 12.6 Å². The quantitative estimate of drug-likeness (QED) is 0.679. The molecule has 3 aromatic rings. The van der Waals surface area contributed by atoms with E-state index in [1.54, 1.807) is 49.7 Å². The van der Waals surface area contributed by atoms with E-state index in [9.17, 15) is 9.59 Å². The molecule has 0 fully saturated rings. The zero-order valence-corrected chi connectivity index (χ0v) is 18.0. The summed E-state index contributed by atoms with van der Waals surface area (Å²) in [6.45, 7) is 1.16. The number of anilines is 1. The van der Waals surface area contributed by atoms with Crippen LogP contribution in [0.2, 0.25) is 0 Å². The number of hydrogen-bond acceptors (Lipinski definition) is 4. The summed E-state index contributed by atoms with van der Waals surface area (Å²) in [5.74, 6) is -0.111. The van der Waals surface area contributed by atoms with E-state index in [1.165, 1.54) is 20.9 Å². The Balaban J connectivity index is 1.48. The van der Waals surface area contributed by atoms with Crippen LogP contribution in [0.1, 0.15) is 32.4 Å². The molecule has 1 aliphatic heterocycles. The van der Waals surface area contributed by atoms with Gasteiger partial charge in [-0.3, -0.25) is 14.5 Å². The maximum absolute atomic E-state index is 12.8. The standard InChI is InChI=1S/C24H25N3O2S/c1-26(2)24(29)18-8-10-19(11-9-18)25-22(28)16-27-14-12-21-20(13-15-30-21)23(27)17-6-4-3-5-7-17/h3-11,13,15,23H,12,14,16H2,1-2H3,(H,25,28)/t23-/m1/s1. The average molecular weight is 420 g/mol. The molecule has 4 rings (SSSR count). The second-order valence-corrected chi connectivity index (χ2v) is 8.66. The van der Waals surface area contributed by atoms with Gasteiger partial charge < -0.3 is 10.2 Å². The zero-order valence-electron chi connectivity index (χ0n) is 17.2. The number of thiophene rings is 1. The number of carbonyl (C=O) groups is 2. The van der Waals surface area contributed by atoms with Crippen LogP contribution in [0.4, 0.5) is 5.69 Å². The smallest absolute Gasteiger partial charge is 0.253 e. The van der Waals surface area contributed by atoms with Gasteiger partial charge in [0.1, 0.15) is 0 Å². The zero-order chi connectivity index (χ0) is 21.1. The molecule has 0 aliphatic carbocycles. The van der Waals surface area contributed by atoms with Crippen molar-refractivity contribution in [1.82, 2.24) is 9.80 Å². The number of hydrogen-bond donors (Lipinski definition) is 1. The highest BCUT2D eigenvalue weighted by molar-refractivity contribution is 7.10. The summed E-state index contributed by atoms with van der Waals surface area (Å²) in [5.41, 5.74) is 3.80. The van der Waals surface area contributed by atoms with Crippen LogP contribution in [0.15, 0.2) is 66.0 Å². The van der Waals surface area contributed by atoms with Crippen LogP contribution in [0.25, 0.3) is 0 Å². The third-order valence-electron chi connectivity index (χ3n) is 5.35. The van der Waals surface area contributed by atoms with Crippen molar-refractivity contribution in [2.75, 3.05) is 32.5 Å². The van der Waals surface area contributed by atoms with Gasteiger partial charge in [-0.25, -0.2) is 0 Å². The number of amides is 2. The first-order valence-corrected chi connectivity index (χ1v) is 10.9. The molecule has 1 atom stereocenters. The number of nitrogens with zero attached hydrogens (tertiary/aromatic N) is 2. The topological polar surface area (TPSA) is 52.7 Å². The number of fused-ring (bicyclic) bond motifs is 1. The van der Waals surface area contributed by atoms with Gasteiger partial charge in [0.2, 0.25) is 5.91 Å². The van der Waals surface area contributed by atoms with Crippen LogP contribution >= 0.6 is 11.3 Å². The van der Waals surface area contributed by atoms with Gasteiger partial charge in [-0.1, -0.05) is 30.3 Å². The fourth-order valence-electron chi connectivity index (χ4n) is 3.90. The molecule has 154 valence electrons. The first-order valence-electron chi connectivity index (χ1n) is 10.00. The third kappa shape index (κ3) is 4.30. The van der Waals surface area contributed by atoms with E-state index in [-0.39, 0.29) is 17.9 Å². The molecule has 2 amide bonds. The number of benzene rings is 2. The van der Waals surface area contributed by atoms with Gasteiger partial charge in [0, 0.05) is 36.8 Å². The van der Waals surface area contributed by atoms with Crippen LogP contribution < -0.4 is 5.32 Å². The molecule has 1 aliphatic rings. The minimum atomic E-state index is -0.0570. The molecule has 30 heavy (non-hydrogen) atoms. The molecule has 6 heteroatoms. The number of carbonyl (C=O) groups excluding carboxylic acids is 2. The Bertz CT molecular complexity index is 1030. The molecule has 0 radical (unpaired) electrons. The van der Waals surface area contributed by atoms with Crippen molar-refractivity contribution >= 4 is 28.8 Å². The molecule has 1 N–H and O–H groups in total. The van der Waals surface area contributed by atoms with Crippen molar-refractivity contribution in [3.8, 4) is 0 Å². The van der Waals surface area contributed by atoms with E-state index in [2.05, 4.69) is 33.8 Å². The highest BCUT2D eigenvalue weighted by Gasteiger charge is 2.30. The predicted octanol–water partition coefficient (Wildman–Crippen LogP) is 4.04. The predicted molar refractivity (Wildman–Crippen MR) is 121 cm³/mol. The molecular formula is C24H25N3O2S. The SMILES string of the molecule is CN(C)C(=O)c1ccc(NC(=O)CN2CCc3sccc3[C@H]2c2ccccc2)cc1. The molecule has 2 heterocycles. The Labute approximate surface area is 180 Å². The second kappa shape index (κ2) is 8.81. The first-order chi connectivity index (χ1) is 14.5. The van der Waals surface area contributed by atoms with Crippen molar-refractivity contribution in [2.45, 2.75) is 12.5 Å². The van der Waals surface area contributed by atoms with Crippen LogP contribution in [0, 0.1) is 0 Å². The van der Waals surface area contributed by atoms with Crippen molar-refractivity contribution in [1.29, 1.82) is 0 Å². The minimum Gasteiger partial charge on any atom is -0.345 e. The van der Waals surface area contributed by atoms with Gasteiger partial charge in [0.15, 0.2) is 0 Å². The normalized spacial score (nSPS) is 16.0. The van der Waals surface area contributed by atoms with E-state index in [1.807, 2.05) is 18.2 Å². The minimum absolute atomic E-state index is 0.0544. The summed E-state index contributed by atoms with van der Waals surface area (Å²) >= 11 is 1.79. The van der Waals surface area contributed by atoms with Crippen LogP contribution in [0.5, 0.6) is 0 Å². The van der Waals surface area contributed by atoms with Crippen molar-refractivity contribution < 1.29 is 9.59 Å². The fraction of sp³-hybridized carbons (Fsp3) is 0.250. The Morgan fingerprint density at radius 1 is 1.07 bits per heavy atom. The Hall–Kier alpha value is -2.96. The first kappa shape index (κ1) is 20.3. The second-order valence-electron chi connectivity index (χ2n) is 7.66. The lowest BCUT2D eigenvalue weighted by molar-refractivity contribution is -0.117. The Morgan fingerprint density at radius 3 is 2.50 bits per heavy atom. The average Bonchev–Trinajstić information content (AvgIpc) is 3.23. The summed E-state index contributed by atoms with van der Waals surface area (Å²) in [6.07, 6.45) is 0.963. The summed E-state index contributed by atoms with van der Waals surface area (Å²) in [6, 6.07) is 19.7. The highest BCUT2D eigenvalue weighted by atomic mass is 32.1. The van der Waals surface area contributed by atoms with Gasteiger partial charge >= 0.3 is 0 Å². The van der Waals surface area contributed by atoms with E-state index >= 15 is 0 Å². The molecular weight excluding hydrogens is 394 g/mol. The van der Waals surface area contributed by atoms with Crippen molar-refractivity contribution in [2.24, 2.45) is 0 Å². The molecule has 2 aromatic carbocycles. The molecule has 0 unspecified atom stereocenters.